The van der Waals surface area contributed by atoms with Crippen LogP contribution < -0.4 is 16.0 Å². The number of nitrogens with one attached hydrogen (secondary N) is 3. The Bertz CT molecular complexity index is 931. The highest BCUT2D eigenvalue weighted by Crippen LogP contribution is 2.15. The van der Waals surface area contributed by atoms with Crippen LogP contribution in [0.5, 0.6) is 0 Å². The molecule has 182 valence electrons. The molecule has 2 atom stereocenters. The topological polar surface area (TPSA) is 105 Å². The number of aliphatic imine (C=N–C) groups is 1. The van der Waals surface area contributed by atoms with Crippen molar-refractivity contribution in [3.05, 3.63) is 41.5 Å². The molecular weight excluding hydrogens is 533 g/mol. The molecule has 10 heteroatoms. The molecule has 1 aromatic carbocycles. The van der Waals surface area contributed by atoms with Crippen LogP contribution in [-0.4, -0.2) is 46.3 Å². The van der Waals surface area contributed by atoms with Crippen molar-refractivity contribution < 1.29 is 9.53 Å². The Morgan fingerprint density at radius 3 is 2.91 bits per heavy atom. The minimum Gasteiger partial charge on any atom is -0.377 e. The number of halogens is 1. The molecular formula is C23H36IN7O2. The quantitative estimate of drug-likeness (QED) is 0.244. The van der Waals surface area contributed by atoms with E-state index in [1.807, 2.05) is 42.8 Å². The smallest absolute Gasteiger partial charge is 0.227 e. The van der Waals surface area contributed by atoms with Gasteiger partial charge in [0.25, 0.3) is 0 Å². The summed E-state index contributed by atoms with van der Waals surface area (Å²) in [5, 5.41) is 14.4. The highest BCUT2D eigenvalue weighted by atomic mass is 127. The average molecular weight is 569 g/mol. The molecule has 1 aliphatic rings. The lowest BCUT2D eigenvalue weighted by molar-refractivity contribution is -0.119. The third kappa shape index (κ3) is 7.95. The van der Waals surface area contributed by atoms with Crippen LogP contribution in [0.15, 0.2) is 29.3 Å². The molecule has 3 rings (SSSR count). The van der Waals surface area contributed by atoms with Gasteiger partial charge >= 0.3 is 0 Å². The summed E-state index contributed by atoms with van der Waals surface area (Å²) >= 11 is 0. The van der Waals surface area contributed by atoms with Gasteiger partial charge in [-0.1, -0.05) is 26.0 Å². The van der Waals surface area contributed by atoms with Crippen LogP contribution in [-0.2, 0) is 35.6 Å². The number of hydrogen-bond acceptors (Lipinski definition) is 5. The van der Waals surface area contributed by atoms with Gasteiger partial charge in [-0.25, -0.2) is 14.7 Å². The van der Waals surface area contributed by atoms with Gasteiger partial charge in [-0.3, -0.25) is 4.79 Å². The maximum Gasteiger partial charge on any atom is 0.227 e. The van der Waals surface area contributed by atoms with Crippen LogP contribution in [0.3, 0.4) is 0 Å². The number of nitrogens with zero attached hydrogens (tertiary/aromatic N) is 4. The maximum absolute atomic E-state index is 12.2. The van der Waals surface area contributed by atoms with Crippen LogP contribution in [0.1, 0.15) is 50.8 Å². The summed E-state index contributed by atoms with van der Waals surface area (Å²) in [6.07, 6.45) is 2.65. The molecule has 2 unspecified atom stereocenters. The lowest BCUT2D eigenvalue weighted by Crippen LogP contribution is -2.47. The third-order valence-electron chi connectivity index (χ3n) is 5.53. The molecule has 0 saturated carbocycles. The van der Waals surface area contributed by atoms with E-state index >= 15 is 0 Å². The first-order valence-corrected chi connectivity index (χ1v) is 11.4. The fourth-order valence-corrected chi connectivity index (χ4v) is 3.55. The van der Waals surface area contributed by atoms with E-state index in [0.717, 1.165) is 61.2 Å². The van der Waals surface area contributed by atoms with Crippen LogP contribution in [0.4, 0.5) is 5.69 Å². The first-order chi connectivity index (χ1) is 15.5. The Morgan fingerprint density at radius 1 is 1.36 bits per heavy atom. The van der Waals surface area contributed by atoms with Crippen LogP contribution in [0.25, 0.3) is 0 Å². The molecule has 3 N–H and O–H groups in total. The number of aryl methyl sites for hydroxylation is 1. The zero-order valence-electron chi connectivity index (χ0n) is 19.9. The largest absolute Gasteiger partial charge is 0.377 e. The van der Waals surface area contributed by atoms with Gasteiger partial charge in [-0.15, -0.1) is 24.0 Å². The summed E-state index contributed by atoms with van der Waals surface area (Å²) in [6, 6.07) is 8.08. The number of rotatable bonds is 9. The normalized spacial score (nSPS) is 16.4. The highest BCUT2D eigenvalue weighted by Gasteiger charge is 2.22. The Labute approximate surface area is 213 Å². The standard InChI is InChI=1S/C23H35N7O2.HI/c1-5-16(3)22(31)26-18-9-7-8-17(12-18)13-25-23(24-6-2)27-19-10-11-21-28-20(15-32-4)29-30(21)14-19;/h7-9,12,16,19H,5-6,10-11,13-15H2,1-4H3,(H,26,31)(H2,24,25,27);1H. The van der Waals surface area contributed by atoms with E-state index in [0.29, 0.717) is 13.2 Å². The van der Waals surface area contributed by atoms with E-state index in [1.165, 1.54) is 0 Å². The molecule has 0 fully saturated rings. The van der Waals surface area contributed by atoms with Gasteiger partial charge < -0.3 is 20.7 Å². The molecule has 33 heavy (non-hydrogen) atoms. The lowest BCUT2D eigenvalue weighted by atomic mass is 10.1. The van der Waals surface area contributed by atoms with E-state index < -0.39 is 0 Å². The summed E-state index contributed by atoms with van der Waals surface area (Å²) in [5.41, 5.74) is 1.84. The summed E-state index contributed by atoms with van der Waals surface area (Å²) in [6.45, 7) is 8.46. The van der Waals surface area contributed by atoms with Gasteiger partial charge in [0.05, 0.1) is 13.1 Å². The molecule has 1 amide bonds. The third-order valence-corrected chi connectivity index (χ3v) is 5.53. The van der Waals surface area contributed by atoms with Gasteiger partial charge in [-0.2, -0.15) is 5.10 Å². The van der Waals surface area contributed by atoms with E-state index in [4.69, 9.17) is 9.73 Å². The first kappa shape index (κ1) is 27.0. The number of ether oxygens (including phenoxy) is 1. The predicted octanol–water partition coefficient (Wildman–Crippen LogP) is 3.10. The number of methoxy groups -OCH3 is 1. The number of aromatic nitrogens is 3. The number of carbonyl (C=O) groups is 1. The van der Waals surface area contributed by atoms with Crippen molar-refractivity contribution in [2.24, 2.45) is 10.9 Å². The van der Waals surface area contributed by atoms with Crippen molar-refractivity contribution in [3.63, 3.8) is 0 Å². The van der Waals surface area contributed by atoms with E-state index in [1.54, 1.807) is 7.11 Å². The fourth-order valence-electron chi connectivity index (χ4n) is 3.55. The summed E-state index contributed by atoms with van der Waals surface area (Å²) in [5.74, 6) is 2.54. The second-order valence-corrected chi connectivity index (χ2v) is 8.13. The number of fused-ring (bicyclic) bond motifs is 1. The van der Waals surface area contributed by atoms with Gasteiger partial charge in [0.15, 0.2) is 11.8 Å². The minimum atomic E-state index is -0.00666. The minimum absolute atomic E-state index is 0. The molecule has 0 radical (unpaired) electrons. The van der Waals surface area contributed by atoms with Crippen molar-refractivity contribution in [2.45, 2.75) is 65.8 Å². The Morgan fingerprint density at radius 2 is 2.18 bits per heavy atom. The number of amides is 1. The zero-order chi connectivity index (χ0) is 22.9. The molecule has 0 bridgehead atoms. The van der Waals surface area contributed by atoms with Crippen molar-refractivity contribution in [3.8, 4) is 0 Å². The van der Waals surface area contributed by atoms with Crippen LogP contribution >= 0.6 is 24.0 Å². The average Bonchev–Trinajstić information content (AvgIpc) is 3.19. The zero-order valence-corrected chi connectivity index (χ0v) is 22.3. The number of anilines is 1. The number of hydrogen-bond donors (Lipinski definition) is 3. The summed E-state index contributed by atoms with van der Waals surface area (Å²) in [4.78, 5) is 21.5. The van der Waals surface area contributed by atoms with Crippen molar-refractivity contribution >= 4 is 41.5 Å². The van der Waals surface area contributed by atoms with E-state index in [9.17, 15) is 4.79 Å². The van der Waals surface area contributed by atoms with Gasteiger partial charge in [0.2, 0.25) is 5.91 Å². The number of benzene rings is 1. The summed E-state index contributed by atoms with van der Waals surface area (Å²) in [7, 11) is 1.65. The second-order valence-electron chi connectivity index (χ2n) is 8.13. The van der Waals surface area contributed by atoms with E-state index in [2.05, 4.69) is 33.0 Å². The van der Waals surface area contributed by atoms with Gasteiger partial charge in [0.1, 0.15) is 12.4 Å². The Hall–Kier alpha value is -2.21. The monoisotopic (exact) mass is 569 g/mol. The van der Waals surface area contributed by atoms with Crippen molar-refractivity contribution in [2.75, 3.05) is 19.0 Å². The van der Waals surface area contributed by atoms with Gasteiger partial charge in [0, 0.05) is 37.7 Å². The fraction of sp³-hybridized carbons (Fsp3) is 0.565. The molecule has 2 aromatic rings. The summed E-state index contributed by atoms with van der Waals surface area (Å²) < 4.78 is 7.10. The van der Waals surface area contributed by atoms with E-state index in [-0.39, 0.29) is 41.8 Å². The Balaban J connectivity index is 0.00000385. The second kappa shape index (κ2) is 13.5. The van der Waals surface area contributed by atoms with Crippen LogP contribution in [0, 0.1) is 5.92 Å². The molecule has 0 spiro atoms. The highest BCUT2D eigenvalue weighted by molar-refractivity contribution is 14.0. The van der Waals surface area contributed by atoms with Crippen LogP contribution in [0.2, 0.25) is 0 Å². The first-order valence-electron chi connectivity index (χ1n) is 11.4. The molecule has 0 aliphatic carbocycles. The van der Waals surface area contributed by atoms with Crippen molar-refractivity contribution in [1.29, 1.82) is 0 Å². The molecule has 1 aromatic heterocycles. The number of guanidine groups is 1. The number of carbonyl (C=O) groups excluding carboxylic acids is 1. The molecule has 9 nitrogen and oxygen atoms in total. The predicted molar refractivity (Wildman–Crippen MR) is 141 cm³/mol. The van der Waals surface area contributed by atoms with Gasteiger partial charge in [-0.05, 0) is 37.5 Å². The molecule has 1 aliphatic heterocycles. The molecule has 0 saturated heterocycles. The Kier molecular flexibility index (Phi) is 11.0. The SMILES string of the molecule is CCNC(=NCc1cccc(NC(=O)C(C)CC)c1)NC1CCc2nc(COC)nn2C1.I. The van der Waals surface area contributed by atoms with Crippen molar-refractivity contribution in [1.82, 2.24) is 25.4 Å². The lowest BCUT2D eigenvalue weighted by Gasteiger charge is -2.25. The maximum atomic E-state index is 12.2. The molecule has 2 heterocycles.